The fourth-order valence-electron chi connectivity index (χ4n) is 8.32. The van der Waals surface area contributed by atoms with E-state index in [0.29, 0.717) is 0 Å². The van der Waals surface area contributed by atoms with Gasteiger partial charge in [0.2, 0.25) is 5.95 Å². The van der Waals surface area contributed by atoms with Gasteiger partial charge in [-0.25, -0.2) is 9.97 Å². The molecule has 0 aliphatic carbocycles. The molecule has 3 aromatic heterocycles. The van der Waals surface area contributed by atoms with Gasteiger partial charge in [-0.05, 0) is 52.9 Å². The Balaban J connectivity index is 1.18. The minimum atomic E-state index is -3.11. The molecule has 0 N–H and O–H groups in total. The maximum atomic E-state index is 15.2. The Kier molecular flexibility index (Phi) is 6.76. The van der Waals surface area contributed by atoms with Crippen LogP contribution < -0.4 is 15.9 Å². The summed E-state index contributed by atoms with van der Waals surface area (Å²) in [6.45, 7) is 0. The van der Waals surface area contributed by atoms with Crippen LogP contribution >= 0.6 is 7.14 Å². The number of rotatable bonds is 5. The zero-order valence-corrected chi connectivity index (χ0v) is 29.9. The lowest BCUT2D eigenvalue weighted by atomic mass is 9.95. The van der Waals surface area contributed by atoms with Gasteiger partial charge >= 0.3 is 0 Å². The molecule has 0 saturated heterocycles. The van der Waals surface area contributed by atoms with Crippen molar-refractivity contribution in [2.24, 2.45) is 0 Å². The van der Waals surface area contributed by atoms with Crippen molar-refractivity contribution in [1.82, 2.24) is 18.9 Å². The average Bonchev–Trinajstić information content (AvgIpc) is 3.80. The Labute approximate surface area is 310 Å². The number of imidazole rings is 1. The van der Waals surface area contributed by atoms with Gasteiger partial charge in [0.15, 0.2) is 7.14 Å². The molecule has 3 heterocycles. The Bertz CT molecular complexity index is 3250. The fourth-order valence-corrected chi connectivity index (χ4v) is 11.0. The van der Waals surface area contributed by atoms with E-state index in [-0.39, 0.29) is 0 Å². The third kappa shape index (κ3) is 4.43. The highest BCUT2D eigenvalue weighted by molar-refractivity contribution is 7.85. The first-order chi connectivity index (χ1) is 26.7. The van der Waals surface area contributed by atoms with Crippen LogP contribution in [0.25, 0.3) is 77.2 Å². The quantitative estimate of drug-likeness (QED) is 0.167. The zero-order valence-electron chi connectivity index (χ0n) is 29.0. The Morgan fingerprint density at radius 2 is 0.963 bits per heavy atom. The Morgan fingerprint density at radius 1 is 0.426 bits per heavy atom. The fraction of sp³-hybridized carbons (Fsp3) is 0. The number of hydrogen-bond acceptors (Lipinski definition) is 3. The van der Waals surface area contributed by atoms with Gasteiger partial charge in [0.05, 0.1) is 27.6 Å². The van der Waals surface area contributed by atoms with Gasteiger partial charge in [-0.2, -0.15) is 0 Å². The highest BCUT2D eigenvalue weighted by Gasteiger charge is 2.30. The third-order valence-corrected chi connectivity index (χ3v) is 13.9. The van der Waals surface area contributed by atoms with E-state index in [1.807, 2.05) is 78.9 Å². The summed E-state index contributed by atoms with van der Waals surface area (Å²) < 4.78 is 19.7. The van der Waals surface area contributed by atoms with Crippen LogP contribution in [0.2, 0.25) is 0 Å². The van der Waals surface area contributed by atoms with E-state index in [9.17, 15) is 0 Å². The number of nitrogens with zero attached hydrogens (tertiary/aromatic N) is 4. The van der Waals surface area contributed by atoms with E-state index in [1.165, 1.54) is 0 Å². The smallest absolute Gasteiger partial charge is 0.221 e. The van der Waals surface area contributed by atoms with Crippen LogP contribution in [-0.4, -0.2) is 18.9 Å². The SMILES string of the molecule is O=P(c1ccccc1)(c1ccccc1)c1ccc(-c2cc3c4ccccc4n(-c4nc5ccccc5c5nc6ccccc6n45)c3c3ccccc23)cc1. The topological polar surface area (TPSA) is 52.2 Å². The molecule has 0 bridgehead atoms. The summed E-state index contributed by atoms with van der Waals surface area (Å²) in [5.41, 5.74) is 8.05. The number of aromatic nitrogens is 4. The molecular weight excluding hydrogens is 680 g/mol. The summed E-state index contributed by atoms with van der Waals surface area (Å²) in [6, 6.07) is 64.2. The molecule has 0 atom stereocenters. The van der Waals surface area contributed by atoms with Crippen LogP contribution in [0.5, 0.6) is 0 Å². The second-order valence-corrected chi connectivity index (χ2v) is 16.5. The van der Waals surface area contributed by atoms with Gasteiger partial charge in [-0.15, -0.1) is 0 Å². The first-order valence-electron chi connectivity index (χ1n) is 18.1. The second-order valence-electron chi connectivity index (χ2n) is 13.7. The summed E-state index contributed by atoms with van der Waals surface area (Å²) in [7, 11) is -3.11. The van der Waals surface area contributed by atoms with Gasteiger partial charge in [0.25, 0.3) is 0 Å². The van der Waals surface area contributed by atoms with Crippen molar-refractivity contribution >= 4 is 83.2 Å². The molecule has 0 fully saturated rings. The van der Waals surface area contributed by atoms with Crippen molar-refractivity contribution < 1.29 is 4.57 Å². The van der Waals surface area contributed by atoms with Gasteiger partial charge in [0.1, 0.15) is 5.65 Å². The minimum Gasteiger partial charge on any atom is -0.309 e. The summed E-state index contributed by atoms with van der Waals surface area (Å²) in [5, 5.41) is 8.00. The molecule has 6 heteroatoms. The predicted octanol–water partition coefficient (Wildman–Crippen LogP) is 10.6. The Hall–Kier alpha value is -6.81. The predicted molar refractivity (Wildman–Crippen MR) is 225 cm³/mol. The molecule has 11 aromatic rings. The van der Waals surface area contributed by atoms with Crippen LogP contribution in [0.4, 0.5) is 0 Å². The lowest BCUT2D eigenvalue weighted by molar-refractivity contribution is 0.592. The summed E-state index contributed by atoms with van der Waals surface area (Å²) in [4.78, 5) is 10.5. The summed E-state index contributed by atoms with van der Waals surface area (Å²) >= 11 is 0. The average molecular weight is 711 g/mol. The van der Waals surface area contributed by atoms with Crippen molar-refractivity contribution in [2.45, 2.75) is 0 Å². The summed E-state index contributed by atoms with van der Waals surface area (Å²) in [5.74, 6) is 0.795. The van der Waals surface area contributed by atoms with E-state index in [0.717, 1.165) is 93.2 Å². The highest BCUT2D eigenvalue weighted by atomic mass is 31.2. The second kappa shape index (κ2) is 11.9. The van der Waals surface area contributed by atoms with Crippen molar-refractivity contribution in [3.8, 4) is 17.1 Å². The first-order valence-corrected chi connectivity index (χ1v) is 19.8. The van der Waals surface area contributed by atoms with Crippen LogP contribution in [0.15, 0.2) is 188 Å². The van der Waals surface area contributed by atoms with E-state index in [2.05, 4.69) is 118 Å². The van der Waals surface area contributed by atoms with Gasteiger partial charge < -0.3 is 4.57 Å². The molecule has 0 aliphatic rings. The molecule has 0 saturated carbocycles. The first kappa shape index (κ1) is 30.8. The van der Waals surface area contributed by atoms with Gasteiger partial charge in [0, 0.05) is 37.5 Å². The standard InChI is InChI=1S/C48H31N4OP/c53-54(33-15-3-1-4-16-33,34-17-5-2-6-18-34)35-29-27-32(28-30-35)40-31-41-37-20-10-13-25-44(37)51(46(41)38-21-8-7-19-36(38)40)48-50-42-23-11-9-22-39(42)47-49-43-24-12-14-26-45(43)52(47)48/h1-31H. The molecule has 254 valence electrons. The van der Waals surface area contributed by atoms with Crippen LogP contribution in [0.1, 0.15) is 0 Å². The normalized spacial score (nSPS) is 12.1. The maximum Gasteiger partial charge on any atom is 0.221 e. The van der Waals surface area contributed by atoms with Gasteiger partial charge in [-0.3, -0.25) is 8.97 Å². The molecule has 54 heavy (non-hydrogen) atoms. The van der Waals surface area contributed by atoms with Crippen molar-refractivity contribution in [3.63, 3.8) is 0 Å². The molecule has 11 rings (SSSR count). The Morgan fingerprint density at radius 3 is 1.67 bits per heavy atom. The van der Waals surface area contributed by atoms with Crippen LogP contribution in [0, 0.1) is 0 Å². The van der Waals surface area contributed by atoms with Crippen molar-refractivity contribution in [3.05, 3.63) is 188 Å². The molecule has 0 unspecified atom stereocenters. The highest BCUT2D eigenvalue weighted by Crippen LogP contribution is 2.44. The number of benzene rings is 8. The molecule has 0 spiro atoms. The molecule has 0 amide bonds. The lowest BCUT2D eigenvalue weighted by Gasteiger charge is -2.20. The minimum absolute atomic E-state index is 0.795. The number of fused-ring (bicyclic) bond motifs is 10. The van der Waals surface area contributed by atoms with Gasteiger partial charge in [-0.1, -0.05) is 152 Å². The maximum absolute atomic E-state index is 15.2. The largest absolute Gasteiger partial charge is 0.309 e. The van der Waals surface area contributed by atoms with Crippen LogP contribution in [0.3, 0.4) is 0 Å². The van der Waals surface area contributed by atoms with E-state index < -0.39 is 7.14 Å². The molecular formula is C48H31N4OP. The molecule has 0 aliphatic heterocycles. The zero-order chi connectivity index (χ0) is 35.8. The molecule has 5 nitrogen and oxygen atoms in total. The monoisotopic (exact) mass is 710 g/mol. The van der Waals surface area contributed by atoms with E-state index >= 15 is 4.57 Å². The number of para-hydroxylation sites is 4. The third-order valence-electron chi connectivity index (χ3n) is 10.8. The van der Waals surface area contributed by atoms with Crippen molar-refractivity contribution in [2.75, 3.05) is 0 Å². The van der Waals surface area contributed by atoms with Crippen molar-refractivity contribution in [1.29, 1.82) is 0 Å². The molecule has 0 radical (unpaired) electrons. The van der Waals surface area contributed by atoms with Crippen LogP contribution in [-0.2, 0) is 4.57 Å². The molecule has 8 aromatic carbocycles. The van der Waals surface area contributed by atoms with E-state index in [1.54, 1.807) is 0 Å². The van der Waals surface area contributed by atoms with E-state index in [4.69, 9.17) is 9.97 Å². The summed E-state index contributed by atoms with van der Waals surface area (Å²) in [6.07, 6.45) is 0. The lowest BCUT2D eigenvalue weighted by Crippen LogP contribution is -2.24. The number of hydrogen-bond donors (Lipinski definition) is 0.